The molecule has 0 aromatic heterocycles. The third kappa shape index (κ3) is 5.76. The maximum absolute atomic E-state index is 2.45. The predicted octanol–water partition coefficient (Wildman–Crippen LogP) is 17.7. The summed E-state index contributed by atoms with van der Waals surface area (Å²) in [6, 6.07) is 82.1. The van der Waals surface area contributed by atoms with Crippen molar-refractivity contribution in [3.8, 4) is 22.3 Å². The molecule has 11 aromatic rings. The van der Waals surface area contributed by atoms with E-state index in [-0.39, 0.29) is 0 Å². The first-order valence-electron chi connectivity index (χ1n) is 23.5. The van der Waals surface area contributed by atoms with E-state index in [1.165, 1.54) is 110 Å². The third-order valence-electron chi connectivity index (χ3n) is 14.7. The molecule has 11 aromatic carbocycles. The monoisotopic (exact) mass is 856 g/mol. The van der Waals surface area contributed by atoms with Gasteiger partial charge >= 0.3 is 0 Å². The number of anilines is 6. The molecule has 2 aliphatic rings. The highest BCUT2D eigenvalue weighted by atomic mass is 15.1. The van der Waals surface area contributed by atoms with Crippen LogP contribution in [0, 0.1) is 27.7 Å². The number of rotatable bonds is 6. The molecule has 2 heteroatoms. The third-order valence-corrected chi connectivity index (χ3v) is 14.7. The normalized spacial score (nSPS) is 12.9. The van der Waals surface area contributed by atoms with Gasteiger partial charge in [-0.05, 0) is 176 Å². The fraction of sp³-hybridized carbons (Fsp3) is 0.0769. The zero-order valence-corrected chi connectivity index (χ0v) is 38.2. The van der Waals surface area contributed by atoms with Crippen LogP contribution in [0.1, 0.15) is 44.5 Å². The summed E-state index contributed by atoms with van der Waals surface area (Å²) in [4.78, 5) is 4.83. The van der Waals surface area contributed by atoms with Crippen molar-refractivity contribution in [3.63, 3.8) is 0 Å². The number of nitrogens with zero attached hydrogens (tertiary/aromatic N) is 2. The molecule has 2 nitrogen and oxygen atoms in total. The standard InChI is InChI=1S/C65H48N2/c1-41-23-35-60(43(3)37-41)66(48-16-7-5-8-17-48)50-28-32-53-46(39-50)25-30-55-56-31-26-47-40-51(67(49-18-9-6-10-19-49)61-36-24-42(2)38-44(61)4)29-33-54(47)64(56)65(63(53)55)58-22-14-13-21-57(58)62-52-20-12-11-15-45(52)27-34-59(62)65/h5-40H,1-4H3. The van der Waals surface area contributed by atoms with Gasteiger partial charge in [0.05, 0.1) is 5.41 Å². The molecular weight excluding hydrogens is 809 g/mol. The second kappa shape index (κ2) is 14.9. The highest BCUT2D eigenvalue weighted by Gasteiger charge is 2.53. The van der Waals surface area contributed by atoms with Crippen molar-refractivity contribution >= 4 is 66.4 Å². The van der Waals surface area contributed by atoms with Gasteiger partial charge < -0.3 is 9.80 Å². The van der Waals surface area contributed by atoms with Crippen molar-refractivity contribution in [3.05, 3.63) is 263 Å². The number of para-hydroxylation sites is 2. The molecule has 0 atom stereocenters. The Balaban J connectivity index is 1.09. The van der Waals surface area contributed by atoms with E-state index in [4.69, 9.17) is 0 Å². The van der Waals surface area contributed by atoms with Crippen LogP contribution in [0.5, 0.6) is 0 Å². The van der Waals surface area contributed by atoms with Gasteiger partial charge in [-0.15, -0.1) is 0 Å². The summed E-state index contributed by atoms with van der Waals surface area (Å²) in [6.45, 7) is 8.79. The van der Waals surface area contributed by atoms with Gasteiger partial charge in [0.1, 0.15) is 0 Å². The molecular formula is C65H48N2. The first kappa shape index (κ1) is 39.2. The van der Waals surface area contributed by atoms with Crippen LogP contribution in [0.2, 0.25) is 0 Å². The van der Waals surface area contributed by atoms with Crippen LogP contribution in [0.4, 0.5) is 34.1 Å². The molecule has 13 rings (SSSR count). The molecule has 0 aliphatic heterocycles. The van der Waals surface area contributed by atoms with Gasteiger partial charge in [0.2, 0.25) is 0 Å². The van der Waals surface area contributed by atoms with Gasteiger partial charge in [0, 0.05) is 34.1 Å². The lowest BCUT2D eigenvalue weighted by Gasteiger charge is -2.33. The molecule has 0 N–H and O–H groups in total. The van der Waals surface area contributed by atoms with Gasteiger partial charge in [-0.2, -0.15) is 0 Å². The second-order valence-corrected chi connectivity index (χ2v) is 18.7. The van der Waals surface area contributed by atoms with Gasteiger partial charge in [0.15, 0.2) is 0 Å². The lowest BCUT2D eigenvalue weighted by molar-refractivity contribution is 0.810. The quantitative estimate of drug-likeness (QED) is 0.164. The van der Waals surface area contributed by atoms with Crippen LogP contribution < -0.4 is 9.80 Å². The average molecular weight is 857 g/mol. The van der Waals surface area contributed by atoms with Crippen LogP contribution in [-0.2, 0) is 5.41 Å². The van der Waals surface area contributed by atoms with Gasteiger partial charge in [-0.25, -0.2) is 0 Å². The molecule has 0 saturated heterocycles. The first-order valence-corrected chi connectivity index (χ1v) is 23.5. The largest absolute Gasteiger partial charge is 0.310 e. The fourth-order valence-electron chi connectivity index (χ4n) is 12.0. The second-order valence-electron chi connectivity index (χ2n) is 18.7. The van der Waals surface area contributed by atoms with Crippen molar-refractivity contribution < 1.29 is 0 Å². The highest BCUT2D eigenvalue weighted by Crippen LogP contribution is 2.66. The predicted molar refractivity (Wildman–Crippen MR) is 284 cm³/mol. The lowest BCUT2D eigenvalue weighted by atomic mass is 9.68. The zero-order chi connectivity index (χ0) is 45.0. The number of aryl methyl sites for hydroxylation is 4. The summed E-state index contributed by atoms with van der Waals surface area (Å²) in [5.41, 5.74) is 22.0. The Morgan fingerprint density at radius 1 is 0.313 bits per heavy atom. The minimum absolute atomic E-state index is 0.581. The van der Waals surface area contributed by atoms with Crippen LogP contribution in [0.3, 0.4) is 0 Å². The Hall–Kier alpha value is -8.20. The zero-order valence-electron chi connectivity index (χ0n) is 38.2. The van der Waals surface area contributed by atoms with E-state index in [2.05, 4.69) is 256 Å². The maximum Gasteiger partial charge on any atom is 0.0737 e. The minimum atomic E-state index is -0.581. The van der Waals surface area contributed by atoms with Crippen LogP contribution in [0.25, 0.3) is 54.6 Å². The number of fused-ring (bicyclic) bond motifs is 16. The van der Waals surface area contributed by atoms with Crippen molar-refractivity contribution in [2.45, 2.75) is 33.1 Å². The van der Waals surface area contributed by atoms with Crippen molar-refractivity contribution in [1.82, 2.24) is 0 Å². The molecule has 0 amide bonds. The Bertz CT molecular complexity index is 3620. The maximum atomic E-state index is 2.45. The van der Waals surface area contributed by atoms with Crippen LogP contribution in [-0.4, -0.2) is 0 Å². The molecule has 1 spiro atoms. The molecule has 318 valence electrons. The topological polar surface area (TPSA) is 6.48 Å². The van der Waals surface area contributed by atoms with E-state index < -0.39 is 5.41 Å². The van der Waals surface area contributed by atoms with Crippen molar-refractivity contribution in [1.29, 1.82) is 0 Å². The SMILES string of the molecule is Cc1ccc(N(c2ccccc2)c2ccc3c4c(ccc3c2)-c2ccc3cc(N(c5ccccc5)c5ccc(C)cc5C)ccc3c2C42c3ccccc3-c3c2ccc2ccccc32)c(C)c1. The highest BCUT2D eigenvalue weighted by molar-refractivity contribution is 6.13. The van der Waals surface area contributed by atoms with Gasteiger partial charge in [0.25, 0.3) is 0 Å². The average Bonchev–Trinajstić information content (AvgIpc) is 3.84. The minimum Gasteiger partial charge on any atom is -0.310 e. The summed E-state index contributed by atoms with van der Waals surface area (Å²) < 4.78 is 0. The van der Waals surface area contributed by atoms with Gasteiger partial charge in [-0.3, -0.25) is 0 Å². The molecule has 2 aliphatic carbocycles. The molecule has 0 saturated carbocycles. The van der Waals surface area contributed by atoms with E-state index in [0.29, 0.717) is 0 Å². The molecule has 0 fully saturated rings. The summed E-state index contributed by atoms with van der Waals surface area (Å²) in [6.07, 6.45) is 0. The van der Waals surface area contributed by atoms with E-state index in [1.807, 2.05) is 0 Å². The Kier molecular flexibility index (Phi) is 8.73. The molecule has 67 heavy (non-hydrogen) atoms. The van der Waals surface area contributed by atoms with Crippen molar-refractivity contribution in [2.24, 2.45) is 0 Å². The smallest absolute Gasteiger partial charge is 0.0737 e. The summed E-state index contributed by atoms with van der Waals surface area (Å²) >= 11 is 0. The summed E-state index contributed by atoms with van der Waals surface area (Å²) in [7, 11) is 0. The summed E-state index contributed by atoms with van der Waals surface area (Å²) in [5, 5.41) is 7.55. The lowest BCUT2D eigenvalue weighted by Crippen LogP contribution is -2.26. The molecule has 0 bridgehead atoms. The van der Waals surface area contributed by atoms with Crippen LogP contribution in [0.15, 0.2) is 218 Å². The van der Waals surface area contributed by atoms with E-state index in [9.17, 15) is 0 Å². The Morgan fingerprint density at radius 2 is 0.806 bits per heavy atom. The molecule has 0 radical (unpaired) electrons. The molecule has 0 unspecified atom stereocenters. The van der Waals surface area contributed by atoms with E-state index in [1.54, 1.807) is 0 Å². The van der Waals surface area contributed by atoms with Gasteiger partial charge in [-0.1, -0.05) is 169 Å². The van der Waals surface area contributed by atoms with E-state index in [0.717, 1.165) is 22.7 Å². The number of hydrogen-bond acceptors (Lipinski definition) is 2. The first-order chi connectivity index (χ1) is 32.9. The molecule has 0 heterocycles. The van der Waals surface area contributed by atoms with Crippen LogP contribution >= 0.6 is 0 Å². The Morgan fingerprint density at radius 3 is 1.36 bits per heavy atom. The Labute approximate surface area is 392 Å². The van der Waals surface area contributed by atoms with E-state index >= 15 is 0 Å². The number of benzene rings is 11. The fourth-order valence-corrected chi connectivity index (χ4v) is 12.0. The number of hydrogen-bond donors (Lipinski definition) is 0. The van der Waals surface area contributed by atoms with Crippen molar-refractivity contribution in [2.75, 3.05) is 9.80 Å². The summed E-state index contributed by atoms with van der Waals surface area (Å²) in [5.74, 6) is 0.